The lowest BCUT2D eigenvalue weighted by molar-refractivity contribution is 0.103. The molecule has 1 heterocycles. The molecule has 3 rings (SSSR count). The maximum Gasteiger partial charge on any atom is 0.272 e. The predicted octanol–water partition coefficient (Wildman–Crippen LogP) is 4.21. The Morgan fingerprint density at radius 3 is 2.30 bits per heavy atom. The largest absolute Gasteiger partial charge is 0.373 e. The van der Waals surface area contributed by atoms with Gasteiger partial charge >= 0.3 is 0 Å². The molecule has 0 saturated carbocycles. The van der Waals surface area contributed by atoms with E-state index in [0.717, 1.165) is 22.4 Å². The van der Waals surface area contributed by atoms with Gasteiger partial charge < -0.3 is 9.88 Å². The molecule has 1 N–H and O–H groups in total. The van der Waals surface area contributed by atoms with Crippen LogP contribution in [0.3, 0.4) is 0 Å². The average Bonchev–Trinajstić information content (AvgIpc) is 2.67. The van der Waals surface area contributed by atoms with E-state index in [4.69, 9.17) is 0 Å². The number of benzene rings is 2. The number of carbonyl (C=O) groups is 1. The summed E-state index contributed by atoms with van der Waals surface area (Å²) < 4.78 is 0. The van der Waals surface area contributed by atoms with Crippen molar-refractivity contribution in [2.24, 2.45) is 0 Å². The number of nitrogens with one attached hydrogen (secondary N) is 1. The molecular weight excluding hydrogens is 336 g/mol. The Kier molecular flexibility index (Phi) is 5.26. The fourth-order valence-corrected chi connectivity index (χ4v) is 3.48. The molecule has 1 aromatic heterocycles. The smallest absolute Gasteiger partial charge is 0.272 e. The van der Waals surface area contributed by atoms with Crippen LogP contribution in [-0.2, 0) is 6.42 Å². The van der Waals surface area contributed by atoms with Crippen LogP contribution < -0.4 is 10.5 Å². The molecule has 0 amide bonds. The summed E-state index contributed by atoms with van der Waals surface area (Å²) in [6, 6.07) is 17.5. The number of aromatic amines is 1. The highest BCUT2D eigenvalue weighted by molar-refractivity contribution is 6.13. The van der Waals surface area contributed by atoms with E-state index < -0.39 is 0 Å². The summed E-state index contributed by atoms with van der Waals surface area (Å²) in [5, 5.41) is 0. The third-order valence-corrected chi connectivity index (χ3v) is 4.77. The van der Waals surface area contributed by atoms with Crippen LogP contribution in [0.1, 0.15) is 34.1 Å². The lowest BCUT2D eigenvalue weighted by Gasteiger charge is -2.20. The van der Waals surface area contributed by atoms with Crippen LogP contribution >= 0.6 is 0 Å². The number of rotatable bonds is 5. The number of nitrogens with zero attached hydrogens (tertiary/aromatic N) is 1. The summed E-state index contributed by atoms with van der Waals surface area (Å²) in [5.41, 5.74) is 4.91. The minimum atomic E-state index is -0.239. The van der Waals surface area contributed by atoms with Crippen molar-refractivity contribution in [3.63, 3.8) is 0 Å². The molecule has 0 aliphatic carbocycles. The van der Waals surface area contributed by atoms with Gasteiger partial charge in [0.05, 0.1) is 5.56 Å². The van der Waals surface area contributed by atoms with E-state index >= 15 is 0 Å². The number of pyridine rings is 1. The van der Waals surface area contributed by atoms with Crippen molar-refractivity contribution in [2.75, 3.05) is 19.0 Å². The maximum atomic E-state index is 13.5. The molecule has 0 saturated heterocycles. The molecule has 138 valence electrons. The zero-order valence-corrected chi connectivity index (χ0v) is 16.2. The van der Waals surface area contributed by atoms with Gasteiger partial charge in [0.15, 0.2) is 5.78 Å². The highest BCUT2D eigenvalue weighted by atomic mass is 16.1. The van der Waals surface area contributed by atoms with Crippen molar-refractivity contribution >= 4 is 11.5 Å². The summed E-state index contributed by atoms with van der Waals surface area (Å²) in [6.45, 7) is 3.84. The number of aryl methyl sites for hydroxylation is 1. The molecule has 0 spiro atoms. The first-order valence-electron chi connectivity index (χ1n) is 9.07. The lowest BCUT2D eigenvalue weighted by atomic mass is 9.93. The van der Waals surface area contributed by atoms with Crippen LogP contribution in [0.25, 0.3) is 11.1 Å². The summed E-state index contributed by atoms with van der Waals surface area (Å²) in [4.78, 5) is 30.6. The van der Waals surface area contributed by atoms with Gasteiger partial charge in [-0.1, -0.05) is 55.5 Å². The standard InChI is InChI=1S/C23H24N2O2/c1-5-19-15(2)24-23(27)21(25(3)4)20(19)22(26)18-13-9-12-17(14-18)16-10-7-6-8-11-16/h6-14H,5H2,1-4H3,(H,24,27). The SMILES string of the molecule is CCc1c(C)[nH]c(=O)c(N(C)C)c1C(=O)c1cccc(-c2ccccc2)c1. The van der Waals surface area contributed by atoms with E-state index in [1.165, 1.54) is 0 Å². The summed E-state index contributed by atoms with van der Waals surface area (Å²) in [5.74, 6) is -0.123. The van der Waals surface area contributed by atoms with E-state index in [2.05, 4.69) is 4.98 Å². The van der Waals surface area contributed by atoms with Crippen molar-refractivity contribution in [3.05, 3.63) is 87.3 Å². The fourth-order valence-electron chi connectivity index (χ4n) is 3.48. The molecule has 0 atom stereocenters. The van der Waals surface area contributed by atoms with E-state index in [-0.39, 0.29) is 11.3 Å². The second kappa shape index (κ2) is 7.62. The van der Waals surface area contributed by atoms with Gasteiger partial charge in [-0.25, -0.2) is 0 Å². The molecule has 4 nitrogen and oxygen atoms in total. The summed E-state index contributed by atoms with van der Waals surface area (Å²) in [6.07, 6.45) is 0.670. The second-order valence-electron chi connectivity index (χ2n) is 6.81. The van der Waals surface area contributed by atoms with E-state index in [1.54, 1.807) is 19.0 Å². The minimum absolute atomic E-state index is 0.123. The first-order valence-corrected chi connectivity index (χ1v) is 9.07. The maximum absolute atomic E-state index is 13.5. The van der Waals surface area contributed by atoms with Crippen LogP contribution in [-0.4, -0.2) is 24.9 Å². The van der Waals surface area contributed by atoms with Gasteiger partial charge in [-0.05, 0) is 36.1 Å². The lowest BCUT2D eigenvalue weighted by Crippen LogP contribution is -2.27. The molecule has 4 heteroatoms. The molecule has 27 heavy (non-hydrogen) atoms. The molecule has 0 fully saturated rings. The van der Waals surface area contributed by atoms with Crippen molar-refractivity contribution in [1.82, 2.24) is 4.98 Å². The number of H-pyrrole nitrogens is 1. The van der Waals surface area contributed by atoms with Crippen LogP contribution in [0.4, 0.5) is 5.69 Å². The van der Waals surface area contributed by atoms with Crippen molar-refractivity contribution in [1.29, 1.82) is 0 Å². The number of hydrogen-bond acceptors (Lipinski definition) is 3. The molecule has 3 aromatic rings. The van der Waals surface area contributed by atoms with Gasteiger partial charge in [0.25, 0.3) is 5.56 Å². The predicted molar refractivity (Wildman–Crippen MR) is 111 cm³/mol. The third kappa shape index (κ3) is 3.56. The number of aromatic nitrogens is 1. The minimum Gasteiger partial charge on any atom is -0.373 e. The molecule has 0 aliphatic heterocycles. The first-order chi connectivity index (χ1) is 12.9. The monoisotopic (exact) mass is 360 g/mol. The summed E-state index contributed by atoms with van der Waals surface area (Å²) >= 11 is 0. The van der Waals surface area contributed by atoms with Gasteiger partial charge in [-0.15, -0.1) is 0 Å². The Morgan fingerprint density at radius 1 is 1.00 bits per heavy atom. The number of carbonyl (C=O) groups excluding carboxylic acids is 1. The Balaban J connectivity index is 2.19. The molecule has 0 unspecified atom stereocenters. The van der Waals surface area contributed by atoms with Crippen molar-refractivity contribution < 1.29 is 4.79 Å². The number of ketones is 1. The van der Waals surface area contributed by atoms with Gasteiger partial charge in [0.1, 0.15) is 5.69 Å². The topological polar surface area (TPSA) is 53.2 Å². The van der Waals surface area contributed by atoms with E-state index in [0.29, 0.717) is 23.2 Å². The quantitative estimate of drug-likeness (QED) is 0.694. The third-order valence-electron chi connectivity index (χ3n) is 4.77. The molecule has 2 aromatic carbocycles. The summed E-state index contributed by atoms with van der Waals surface area (Å²) in [7, 11) is 3.58. The van der Waals surface area contributed by atoms with Gasteiger partial charge in [0, 0.05) is 25.4 Å². The highest BCUT2D eigenvalue weighted by Gasteiger charge is 2.23. The second-order valence-corrected chi connectivity index (χ2v) is 6.81. The Labute approximate surface area is 159 Å². The molecule has 0 radical (unpaired) electrons. The molecule has 0 aliphatic rings. The number of hydrogen-bond donors (Lipinski definition) is 1. The van der Waals surface area contributed by atoms with Crippen LogP contribution in [0.15, 0.2) is 59.4 Å². The van der Waals surface area contributed by atoms with E-state index in [1.807, 2.05) is 68.4 Å². The van der Waals surface area contributed by atoms with Crippen LogP contribution in [0.5, 0.6) is 0 Å². The Bertz CT molecular complexity index is 1030. The van der Waals surface area contributed by atoms with Gasteiger partial charge in [-0.2, -0.15) is 0 Å². The van der Waals surface area contributed by atoms with Crippen LogP contribution in [0, 0.1) is 6.92 Å². The highest BCUT2D eigenvalue weighted by Crippen LogP contribution is 2.27. The fraction of sp³-hybridized carbons (Fsp3) is 0.217. The van der Waals surface area contributed by atoms with Crippen molar-refractivity contribution in [3.8, 4) is 11.1 Å². The number of anilines is 1. The average molecular weight is 360 g/mol. The zero-order chi connectivity index (χ0) is 19.6. The molecular formula is C23H24N2O2. The Hall–Kier alpha value is -3.14. The van der Waals surface area contributed by atoms with Gasteiger partial charge in [-0.3, -0.25) is 9.59 Å². The molecule has 0 bridgehead atoms. The van der Waals surface area contributed by atoms with Crippen LogP contribution in [0.2, 0.25) is 0 Å². The Morgan fingerprint density at radius 2 is 1.67 bits per heavy atom. The first kappa shape index (κ1) is 18.6. The van der Waals surface area contributed by atoms with Crippen molar-refractivity contribution in [2.45, 2.75) is 20.3 Å². The van der Waals surface area contributed by atoms with Gasteiger partial charge in [0.2, 0.25) is 0 Å². The zero-order valence-electron chi connectivity index (χ0n) is 16.2. The van der Waals surface area contributed by atoms with E-state index in [9.17, 15) is 9.59 Å². The normalized spacial score (nSPS) is 10.7.